The lowest BCUT2D eigenvalue weighted by atomic mass is 9.95. The van der Waals surface area contributed by atoms with E-state index < -0.39 is 0 Å². The standard InChI is InChI=1S/C18H18N4O2S/c23-16-13(17(24)22(9-5-6-9)18(25)21-16)15-14-11(7-8-19-15)10-3-1-2-4-12(10)20-14/h1-4,9,15,19-20,24H,5-8H2,(H,21,23,25)/p+1/t15-/m0/s1. The molecule has 7 heteroatoms. The summed E-state index contributed by atoms with van der Waals surface area (Å²) >= 11 is 5.26. The van der Waals surface area contributed by atoms with Crippen molar-refractivity contribution in [3.63, 3.8) is 0 Å². The smallest absolute Gasteiger partial charge is 0.265 e. The van der Waals surface area contributed by atoms with Gasteiger partial charge in [0.1, 0.15) is 5.56 Å². The summed E-state index contributed by atoms with van der Waals surface area (Å²) in [4.78, 5) is 18.9. The predicted molar refractivity (Wildman–Crippen MR) is 96.5 cm³/mol. The molecule has 2 aromatic heterocycles. The van der Waals surface area contributed by atoms with E-state index in [0.29, 0.717) is 10.3 Å². The number of aromatic nitrogens is 3. The number of aromatic hydroxyl groups is 1. The van der Waals surface area contributed by atoms with Gasteiger partial charge in [0.15, 0.2) is 10.8 Å². The number of para-hydroxylation sites is 1. The normalized spacial score (nSPS) is 19.9. The third-order valence-electron chi connectivity index (χ3n) is 5.33. The molecular formula is C18H19N4O2S+. The Bertz CT molecular complexity index is 1110. The molecule has 1 fully saturated rings. The Hall–Kier alpha value is -2.38. The number of nitrogens with two attached hydrogens (primary N) is 1. The van der Waals surface area contributed by atoms with Crippen LogP contribution in [-0.2, 0) is 6.42 Å². The minimum atomic E-state index is -0.299. The van der Waals surface area contributed by atoms with Crippen molar-refractivity contribution in [3.05, 3.63) is 56.2 Å². The number of H-pyrrole nitrogens is 2. The fourth-order valence-corrected chi connectivity index (χ4v) is 4.36. The number of quaternary nitrogens is 1. The molecule has 128 valence electrons. The van der Waals surface area contributed by atoms with E-state index in [0.717, 1.165) is 37.0 Å². The van der Waals surface area contributed by atoms with E-state index in [1.807, 2.05) is 18.2 Å². The van der Waals surface area contributed by atoms with E-state index >= 15 is 0 Å². The average Bonchev–Trinajstić information content (AvgIpc) is 3.34. The molecule has 25 heavy (non-hydrogen) atoms. The number of benzene rings is 1. The largest absolute Gasteiger partial charge is 0.494 e. The van der Waals surface area contributed by atoms with Crippen molar-refractivity contribution in [2.24, 2.45) is 0 Å². The first-order valence-corrected chi connectivity index (χ1v) is 9.06. The molecule has 1 aliphatic carbocycles. The van der Waals surface area contributed by atoms with Crippen LogP contribution in [0.3, 0.4) is 0 Å². The zero-order valence-electron chi connectivity index (χ0n) is 13.6. The van der Waals surface area contributed by atoms with Gasteiger partial charge >= 0.3 is 0 Å². The van der Waals surface area contributed by atoms with Crippen LogP contribution in [-0.4, -0.2) is 26.2 Å². The third kappa shape index (κ3) is 2.19. The summed E-state index contributed by atoms with van der Waals surface area (Å²) < 4.78 is 2.01. The highest BCUT2D eigenvalue weighted by Gasteiger charge is 2.36. The Morgan fingerprint density at radius 1 is 1.24 bits per heavy atom. The fourth-order valence-electron chi connectivity index (χ4n) is 4.03. The maximum Gasteiger partial charge on any atom is 0.265 e. The predicted octanol–water partition coefficient (Wildman–Crippen LogP) is 1.64. The molecule has 1 aliphatic heterocycles. The van der Waals surface area contributed by atoms with Crippen molar-refractivity contribution in [2.75, 3.05) is 6.54 Å². The average molecular weight is 355 g/mol. The Balaban J connectivity index is 1.75. The van der Waals surface area contributed by atoms with Crippen molar-refractivity contribution in [3.8, 4) is 5.88 Å². The van der Waals surface area contributed by atoms with Gasteiger partial charge in [0.05, 0.1) is 12.2 Å². The summed E-state index contributed by atoms with van der Waals surface area (Å²) in [7, 11) is 0. The second kappa shape index (κ2) is 5.31. The lowest BCUT2D eigenvalue weighted by Gasteiger charge is -2.22. The number of rotatable bonds is 2. The fraction of sp³-hybridized carbons (Fsp3) is 0.333. The number of fused-ring (bicyclic) bond motifs is 3. The van der Waals surface area contributed by atoms with Crippen molar-refractivity contribution in [1.82, 2.24) is 14.5 Å². The van der Waals surface area contributed by atoms with E-state index in [1.165, 1.54) is 10.9 Å². The van der Waals surface area contributed by atoms with E-state index in [1.54, 1.807) is 4.57 Å². The van der Waals surface area contributed by atoms with Crippen LogP contribution < -0.4 is 10.9 Å². The minimum Gasteiger partial charge on any atom is -0.494 e. The molecule has 0 saturated heterocycles. The maximum atomic E-state index is 12.7. The quantitative estimate of drug-likeness (QED) is 0.527. The zero-order valence-corrected chi connectivity index (χ0v) is 14.4. The Morgan fingerprint density at radius 2 is 2.04 bits per heavy atom. The summed E-state index contributed by atoms with van der Waals surface area (Å²) in [5.74, 6) is 0.0176. The van der Waals surface area contributed by atoms with Crippen LogP contribution in [0.5, 0.6) is 5.88 Å². The summed E-state index contributed by atoms with van der Waals surface area (Å²) in [5, 5.41) is 14.2. The lowest BCUT2D eigenvalue weighted by molar-refractivity contribution is -0.690. The van der Waals surface area contributed by atoms with E-state index in [2.05, 4.69) is 21.4 Å². The summed E-state index contributed by atoms with van der Waals surface area (Å²) in [6.07, 6.45) is 2.91. The molecule has 0 spiro atoms. The van der Waals surface area contributed by atoms with Crippen LogP contribution in [0.15, 0.2) is 29.1 Å². The second-order valence-corrected chi connectivity index (χ2v) is 7.30. The molecule has 0 amide bonds. The van der Waals surface area contributed by atoms with Gasteiger partial charge in [0.2, 0.25) is 5.88 Å². The molecule has 0 bridgehead atoms. The highest BCUT2D eigenvalue weighted by atomic mass is 32.1. The molecule has 3 aromatic rings. The van der Waals surface area contributed by atoms with Gasteiger partial charge in [-0.2, -0.15) is 0 Å². The van der Waals surface area contributed by atoms with E-state index in [4.69, 9.17) is 12.2 Å². The van der Waals surface area contributed by atoms with E-state index in [9.17, 15) is 9.90 Å². The van der Waals surface area contributed by atoms with Gasteiger partial charge in [0.25, 0.3) is 5.56 Å². The van der Waals surface area contributed by atoms with Crippen LogP contribution in [0.1, 0.15) is 41.7 Å². The Kier molecular flexibility index (Phi) is 3.17. The Morgan fingerprint density at radius 3 is 2.84 bits per heavy atom. The maximum absolute atomic E-state index is 12.7. The summed E-state index contributed by atoms with van der Waals surface area (Å²) in [6.45, 7) is 0.872. The van der Waals surface area contributed by atoms with Crippen LogP contribution in [0.2, 0.25) is 0 Å². The monoisotopic (exact) mass is 355 g/mol. The topological polar surface area (TPSA) is 90.4 Å². The van der Waals surface area contributed by atoms with Gasteiger partial charge in [-0.15, -0.1) is 0 Å². The van der Waals surface area contributed by atoms with Crippen molar-refractivity contribution in [1.29, 1.82) is 0 Å². The van der Waals surface area contributed by atoms with Gasteiger partial charge in [-0.05, 0) is 36.7 Å². The molecule has 0 unspecified atom stereocenters. The van der Waals surface area contributed by atoms with E-state index in [-0.39, 0.29) is 23.5 Å². The SMILES string of the molecule is O=c1[nH]c(=S)n(C2CC2)c(O)c1[C@@H]1[NH2+]CCc2c1[nH]c1ccccc21. The van der Waals surface area contributed by atoms with Gasteiger partial charge in [-0.25, -0.2) is 0 Å². The summed E-state index contributed by atoms with van der Waals surface area (Å²) in [5.41, 5.74) is 3.41. The molecule has 3 heterocycles. The lowest BCUT2D eigenvalue weighted by Crippen LogP contribution is -2.87. The van der Waals surface area contributed by atoms with Crippen molar-refractivity contribution < 1.29 is 10.4 Å². The number of nitrogens with zero attached hydrogens (tertiary/aromatic N) is 1. The zero-order chi connectivity index (χ0) is 17.1. The molecule has 1 aromatic carbocycles. The van der Waals surface area contributed by atoms with Gasteiger partial charge in [-0.3, -0.25) is 14.3 Å². The van der Waals surface area contributed by atoms with Gasteiger partial charge < -0.3 is 15.4 Å². The molecule has 6 nitrogen and oxygen atoms in total. The number of aromatic amines is 2. The van der Waals surface area contributed by atoms with Crippen LogP contribution in [0.4, 0.5) is 0 Å². The molecule has 0 radical (unpaired) electrons. The van der Waals surface area contributed by atoms with Crippen molar-refractivity contribution in [2.45, 2.75) is 31.3 Å². The summed E-state index contributed by atoms with van der Waals surface area (Å²) in [6, 6.07) is 8.13. The minimum absolute atomic E-state index is 0.0176. The molecule has 1 atom stereocenters. The van der Waals surface area contributed by atoms with Gasteiger partial charge in [-0.1, -0.05) is 18.2 Å². The highest BCUT2D eigenvalue weighted by Crippen LogP contribution is 2.40. The first kappa shape index (κ1) is 14.9. The first-order valence-electron chi connectivity index (χ1n) is 8.65. The number of hydrogen-bond donors (Lipinski definition) is 4. The van der Waals surface area contributed by atoms with Gasteiger partial charge in [0, 0.05) is 23.4 Å². The van der Waals surface area contributed by atoms with Crippen LogP contribution in [0, 0.1) is 4.77 Å². The number of hydrogen-bond acceptors (Lipinski definition) is 3. The highest BCUT2D eigenvalue weighted by molar-refractivity contribution is 7.71. The first-order chi connectivity index (χ1) is 12.1. The molecular weight excluding hydrogens is 336 g/mol. The number of nitrogens with one attached hydrogen (secondary N) is 2. The van der Waals surface area contributed by atoms with Crippen LogP contribution >= 0.6 is 12.2 Å². The van der Waals surface area contributed by atoms with Crippen molar-refractivity contribution >= 4 is 23.1 Å². The Labute approximate surface area is 148 Å². The molecule has 1 saturated carbocycles. The second-order valence-electron chi connectivity index (χ2n) is 6.91. The third-order valence-corrected chi connectivity index (χ3v) is 5.63. The molecule has 5 N–H and O–H groups in total. The van der Waals surface area contributed by atoms with Crippen LogP contribution in [0.25, 0.3) is 10.9 Å². The molecule has 2 aliphatic rings. The molecule has 5 rings (SSSR count).